The molecule has 0 bridgehead atoms. The first-order valence-electron chi connectivity index (χ1n) is 5.22. The molecule has 0 heterocycles. The Bertz CT molecular complexity index is 527. The zero-order chi connectivity index (χ0) is 14.6. The van der Waals surface area contributed by atoms with E-state index in [-0.39, 0.29) is 11.1 Å². The summed E-state index contributed by atoms with van der Waals surface area (Å²) in [5, 5.41) is 28.1. The number of esters is 1. The highest BCUT2D eigenvalue weighted by Crippen LogP contribution is 2.25. The lowest BCUT2D eigenvalue weighted by Crippen LogP contribution is -2.23. The van der Waals surface area contributed by atoms with Crippen LogP contribution in [0.2, 0.25) is 0 Å². The number of hydrogen-bond donors (Lipinski definition) is 2. The molecule has 0 aromatic heterocycles. The summed E-state index contributed by atoms with van der Waals surface area (Å²) in [6, 6.07) is 2.79. The van der Waals surface area contributed by atoms with Gasteiger partial charge in [0, 0.05) is 5.56 Å². The molecule has 0 amide bonds. The van der Waals surface area contributed by atoms with Crippen LogP contribution >= 0.6 is 0 Å². The minimum Gasteiger partial charge on any atom is -0.469 e. The van der Waals surface area contributed by atoms with E-state index in [9.17, 15) is 23.8 Å². The van der Waals surface area contributed by atoms with Gasteiger partial charge in [0.2, 0.25) is 0 Å². The maximum Gasteiger partial charge on any atom is 0.308 e. The fraction of sp³-hybridized carbons (Fsp3) is 0.333. The molecule has 19 heavy (non-hydrogen) atoms. The van der Waals surface area contributed by atoms with Crippen LogP contribution in [0, 0.1) is 23.0 Å². The van der Waals surface area contributed by atoms with Gasteiger partial charge in [0.1, 0.15) is 6.10 Å². The van der Waals surface area contributed by atoms with Gasteiger partial charge in [-0.15, -0.1) is 0 Å². The molecule has 2 unspecified atom stereocenters. The van der Waals surface area contributed by atoms with Gasteiger partial charge in [0.05, 0.1) is 31.3 Å². The summed E-state index contributed by atoms with van der Waals surface area (Å²) in [6.07, 6.45) is -3.84. The molecule has 2 atom stereocenters. The predicted octanol–water partition coefficient (Wildman–Crippen LogP) is 0.794. The molecule has 102 valence electrons. The molecule has 0 spiro atoms. The summed E-state index contributed by atoms with van der Waals surface area (Å²) in [5.74, 6) is -3.29. The molecule has 7 heteroatoms. The van der Waals surface area contributed by atoms with Crippen molar-refractivity contribution < 1.29 is 28.5 Å². The number of ether oxygens (including phenoxy) is 1. The molecular weight excluding hydrogens is 260 g/mol. The van der Waals surface area contributed by atoms with E-state index in [1.165, 1.54) is 0 Å². The van der Waals surface area contributed by atoms with Crippen LogP contribution in [0.3, 0.4) is 0 Å². The van der Waals surface area contributed by atoms with Gasteiger partial charge in [-0.1, -0.05) is 0 Å². The van der Waals surface area contributed by atoms with Crippen molar-refractivity contribution in [3.8, 4) is 6.07 Å². The van der Waals surface area contributed by atoms with Crippen molar-refractivity contribution in [1.82, 2.24) is 0 Å². The Kier molecular flexibility index (Phi) is 4.92. The van der Waals surface area contributed by atoms with Crippen LogP contribution in [0.1, 0.15) is 23.7 Å². The highest BCUT2D eigenvalue weighted by molar-refractivity contribution is 5.69. The Morgan fingerprint density at radius 2 is 2.00 bits per heavy atom. The number of carbonyl (C=O) groups excluding carboxylic acids is 1. The quantitative estimate of drug-likeness (QED) is 0.790. The van der Waals surface area contributed by atoms with Crippen molar-refractivity contribution in [3.05, 3.63) is 34.9 Å². The number of nitriles is 1. The third kappa shape index (κ3) is 3.47. The Morgan fingerprint density at radius 1 is 1.42 bits per heavy atom. The fourth-order valence-corrected chi connectivity index (χ4v) is 1.48. The minimum absolute atomic E-state index is 0.294. The first-order valence-corrected chi connectivity index (χ1v) is 5.22. The maximum absolute atomic E-state index is 13.1. The lowest BCUT2D eigenvalue weighted by Gasteiger charge is -2.18. The van der Waals surface area contributed by atoms with Gasteiger partial charge in [-0.2, -0.15) is 5.26 Å². The fourth-order valence-electron chi connectivity index (χ4n) is 1.48. The number of carbonyl (C=O) groups is 1. The van der Waals surface area contributed by atoms with Crippen molar-refractivity contribution in [3.63, 3.8) is 0 Å². The van der Waals surface area contributed by atoms with Gasteiger partial charge < -0.3 is 14.9 Å². The molecule has 2 N–H and O–H groups in total. The second-order valence-corrected chi connectivity index (χ2v) is 3.76. The lowest BCUT2D eigenvalue weighted by atomic mass is 9.97. The maximum atomic E-state index is 13.1. The summed E-state index contributed by atoms with van der Waals surface area (Å²) < 4.78 is 30.3. The van der Waals surface area contributed by atoms with Crippen LogP contribution in [-0.2, 0) is 9.53 Å². The standard InChI is InChI=1S/C12H11F2NO4/c1-19-11(17)4-10(16)12(18)7-3-9(14)8(13)2-6(7)5-15/h2-3,10,12,16,18H,4H2,1H3. The van der Waals surface area contributed by atoms with E-state index in [0.29, 0.717) is 12.1 Å². The molecule has 0 aliphatic heterocycles. The van der Waals surface area contributed by atoms with E-state index in [1.54, 1.807) is 6.07 Å². The Balaban J connectivity index is 3.05. The van der Waals surface area contributed by atoms with Gasteiger partial charge in [0.25, 0.3) is 0 Å². The first-order chi connectivity index (χ1) is 8.90. The smallest absolute Gasteiger partial charge is 0.308 e. The summed E-state index contributed by atoms with van der Waals surface area (Å²) in [7, 11) is 1.10. The SMILES string of the molecule is COC(=O)CC(O)C(O)c1cc(F)c(F)cc1C#N. The summed E-state index contributed by atoms with van der Waals surface area (Å²) in [5.41, 5.74) is -0.617. The van der Waals surface area contributed by atoms with Crippen LogP contribution in [0.25, 0.3) is 0 Å². The number of hydrogen-bond acceptors (Lipinski definition) is 5. The zero-order valence-corrected chi connectivity index (χ0v) is 9.93. The molecule has 0 aliphatic carbocycles. The van der Waals surface area contributed by atoms with E-state index in [1.807, 2.05) is 0 Å². The van der Waals surface area contributed by atoms with Crippen molar-refractivity contribution in [2.24, 2.45) is 0 Å². The number of methoxy groups -OCH3 is 1. The first kappa shape index (κ1) is 15.0. The Morgan fingerprint density at radius 3 is 2.53 bits per heavy atom. The van der Waals surface area contributed by atoms with Gasteiger partial charge in [-0.05, 0) is 12.1 Å². The van der Waals surface area contributed by atoms with Gasteiger partial charge in [-0.25, -0.2) is 8.78 Å². The molecule has 1 aromatic carbocycles. The van der Waals surface area contributed by atoms with Gasteiger partial charge in [0.15, 0.2) is 11.6 Å². The highest BCUT2D eigenvalue weighted by Gasteiger charge is 2.25. The second-order valence-electron chi connectivity index (χ2n) is 3.76. The molecule has 0 saturated carbocycles. The van der Waals surface area contributed by atoms with Crippen LogP contribution in [-0.4, -0.2) is 29.4 Å². The molecule has 0 saturated heterocycles. The number of aliphatic hydroxyl groups excluding tert-OH is 2. The van der Waals surface area contributed by atoms with Crippen molar-refractivity contribution in [2.75, 3.05) is 7.11 Å². The third-order valence-corrected chi connectivity index (χ3v) is 2.50. The Labute approximate surface area is 107 Å². The van der Waals surface area contributed by atoms with Crippen LogP contribution in [0.5, 0.6) is 0 Å². The van der Waals surface area contributed by atoms with Crippen LogP contribution in [0.4, 0.5) is 8.78 Å². The topological polar surface area (TPSA) is 90.6 Å². The van der Waals surface area contributed by atoms with Crippen molar-refractivity contribution >= 4 is 5.97 Å². The largest absolute Gasteiger partial charge is 0.469 e. The van der Waals surface area contributed by atoms with Crippen molar-refractivity contribution in [1.29, 1.82) is 5.26 Å². The summed E-state index contributed by atoms with van der Waals surface area (Å²) >= 11 is 0. The second kappa shape index (κ2) is 6.22. The molecule has 1 aromatic rings. The number of benzene rings is 1. The minimum atomic E-state index is -1.70. The summed E-state index contributed by atoms with van der Waals surface area (Å²) in [4.78, 5) is 10.9. The molecule has 0 aliphatic rings. The zero-order valence-electron chi connectivity index (χ0n) is 9.93. The van der Waals surface area contributed by atoms with E-state index >= 15 is 0 Å². The van der Waals surface area contributed by atoms with Crippen LogP contribution in [0.15, 0.2) is 12.1 Å². The van der Waals surface area contributed by atoms with Gasteiger partial charge >= 0.3 is 5.97 Å². The highest BCUT2D eigenvalue weighted by atomic mass is 19.2. The van der Waals surface area contributed by atoms with E-state index < -0.39 is 36.2 Å². The monoisotopic (exact) mass is 271 g/mol. The number of halogens is 2. The third-order valence-electron chi connectivity index (χ3n) is 2.50. The summed E-state index contributed by atoms with van der Waals surface area (Å²) in [6.45, 7) is 0. The number of aliphatic hydroxyl groups is 2. The number of rotatable bonds is 4. The van der Waals surface area contributed by atoms with Crippen LogP contribution < -0.4 is 0 Å². The van der Waals surface area contributed by atoms with E-state index in [0.717, 1.165) is 7.11 Å². The molecule has 5 nitrogen and oxygen atoms in total. The van der Waals surface area contributed by atoms with Gasteiger partial charge in [-0.3, -0.25) is 4.79 Å². The average molecular weight is 271 g/mol. The molecule has 0 fully saturated rings. The molecule has 0 radical (unpaired) electrons. The average Bonchev–Trinajstić information content (AvgIpc) is 2.40. The Hall–Kier alpha value is -2.04. The van der Waals surface area contributed by atoms with Crippen molar-refractivity contribution in [2.45, 2.75) is 18.6 Å². The molecule has 1 rings (SSSR count). The normalized spacial score (nSPS) is 13.5. The van der Waals surface area contributed by atoms with E-state index in [2.05, 4.69) is 4.74 Å². The lowest BCUT2D eigenvalue weighted by molar-refractivity contribution is -0.144. The predicted molar refractivity (Wildman–Crippen MR) is 58.7 cm³/mol. The number of nitrogens with zero attached hydrogens (tertiary/aromatic N) is 1. The molecular formula is C12H11F2NO4. The van der Waals surface area contributed by atoms with E-state index in [4.69, 9.17) is 5.26 Å².